The molecule has 0 heterocycles. The topological polar surface area (TPSA) is 21.3 Å². The average molecular weight is 246 g/mol. The summed E-state index contributed by atoms with van der Waals surface area (Å²) in [5.74, 6) is -0.372. The van der Waals surface area contributed by atoms with Crippen LogP contribution in [0.1, 0.15) is 12.0 Å². The Kier molecular flexibility index (Phi) is 5.74. The zero-order chi connectivity index (χ0) is 12.0. The predicted octanol–water partition coefficient (Wildman–Crippen LogP) is 2.65. The molecule has 1 aromatic carbocycles. The normalized spacial score (nSPS) is 12.8. The fourth-order valence-electron chi connectivity index (χ4n) is 1.56. The minimum atomic E-state index is -0.372. The Bertz CT molecular complexity index is 333. The van der Waals surface area contributed by atoms with E-state index in [2.05, 4.69) is 5.32 Å². The van der Waals surface area contributed by atoms with Gasteiger partial charge in [-0.25, -0.2) is 4.39 Å². The van der Waals surface area contributed by atoms with E-state index in [1.54, 1.807) is 19.2 Å². The fourth-order valence-corrected chi connectivity index (χ4v) is 1.76. The summed E-state index contributed by atoms with van der Waals surface area (Å²) in [7, 11) is 3.59. The van der Waals surface area contributed by atoms with Crippen molar-refractivity contribution in [2.45, 2.75) is 18.9 Å². The molecule has 0 saturated carbocycles. The van der Waals surface area contributed by atoms with Gasteiger partial charge in [0.25, 0.3) is 0 Å². The predicted molar refractivity (Wildman–Crippen MR) is 64.5 cm³/mol. The Balaban J connectivity index is 2.59. The first-order valence-corrected chi connectivity index (χ1v) is 5.65. The van der Waals surface area contributed by atoms with Gasteiger partial charge in [0.15, 0.2) is 0 Å². The second-order valence-corrected chi connectivity index (χ2v) is 4.13. The van der Waals surface area contributed by atoms with Crippen molar-refractivity contribution in [2.75, 3.05) is 20.8 Å². The molecule has 90 valence electrons. The molecule has 0 bridgehead atoms. The molecule has 0 fully saturated rings. The summed E-state index contributed by atoms with van der Waals surface area (Å²) in [5, 5.41) is 3.38. The molecule has 0 aliphatic heterocycles. The highest BCUT2D eigenvalue weighted by atomic mass is 35.5. The highest BCUT2D eigenvalue weighted by Crippen LogP contribution is 2.17. The van der Waals surface area contributed by atoms with Gasteiger partial charge in [-0.2, -0.15) is 0 Å². The van der Waals surface area contributed by atoms with Crippen LogP contribution in [0.5, 0.6) is 0 Å². The fraction of sp³-hybridized carbons (Fsp3) is 0.500. The molecule has 0 saturated heterocycles. The Labute approximate surface area is 101 Å². The summed E-state index contributed by atoms with van der Waals surface area (Å²) >= 11 is 5.72. The molecule has 2 nitrogen and oxygen atoms in total. The zero-order valence-electron chi connectivity index (χ0n) is 9.59. The molecule has 1 aromatic rings. The maximum Gasteiger partial charge on any atom is 0.141 e. The van der Waals surface area contributed by atoms with E-state index in [1.165, 1.54) is 6.07 Å². The van der Waals surface area contributed by atoms with Gasteiger partial charge in [0.05, 0.1) is 5.02 Å². The molecular weight excluding hydrogens is 229 g/mol. The van der Waals surface area contributed by atoms with Gasteiger partial charge in [-0.1, -0.05) is 17.7 Å². The van der Waals surface area contributed by atoms with E-state index < -0.39 is 0 Å². The Morgan fingerprint density at radius 2 is 2.25 bits per heavy atom. The van der Waals surface area contributed by atoms with Gasteiger partial charge in [0, 0.05) is 19.8 Å². The van der Waals surface area contributed by atoms with Crippen LogP contribution in [0, 0.1) is 5.82 Å². The second kappa shape index (κ2) is 6.84. The third kappa shape index (κ3) is 4.08. The van der Waals surface area contributed by atoms with E-state index in [-0.39, 0.29) is 10.8 Å². The van der Waals surface area contributed by atoms with Gasteiger partial charge in [0.1, 0.15) is 5.82 Å². The smallest absolute Gasteiger partial charge is 0.141 e. The molecule has 4 heteroatoms. The van der Waals surface area contributed by atoms with Crippen LogP contribution in [0.3, 0.4) is 0 Å². The van der Waals surface area contributed by atoms with Gasteiger partial charge in [-0.05, 0) is 37.6 Å². The molecule has 1 unspecified atom stereocenters. The lowest BCUT2D eigenvalue weighted by atomic mass is 10.0. The minimum Gasteiger partial charge on any atom is -0.385 e. The van der Waals surface area contributed by atoms with Crippen LogP contribution >= 0.6 is 11.6 Å². The van der Waals surface area contributed by atoms with Crippen molar-refractivity contribution in [3.05, 3.63) is 34.6 Å². The van der Waals surface area contributed by atoms with Crippen LogP contribution < -0.4 is 5.32 Å². The van der Waals surface area contributed by atoms with Crippen LogP contribution in [0.25, 0.3) is 0 Å². The van der Waals surface area contributed by atoms with Gasteiger partial charge in [-0.3, -0.25) is 0 Å². The summed E-state index contributed by atoms with van der Waals surface area (Å²) in [6.45, 7) is 0.709. The van der Waals surface area contributed by atoms with Crippen LogP contribution in [-0.4, -0.2) is 26.8 Å². The van der Waals surface area contributed by atoms with Crippen molar-refractivity contribution >= 4 is 11.6 Å². The summed E-state index contributed by atoms with van der Waals surface area (Å²) in [6.07, 6.45) is 1.74. The molecule has 1 N–H and O–H groups in total. The first-order chi connectivity index (χ1) is 7.67. The van der Waals surface area contributed by atoms with E-state index in [0.29, 0.717) is 12.6 Å². The van der Waals surface area contributed by atoms with E-state index in [1.807, 2.05) is 7.05 Å². The summed E-state index contributed by atoms with van der Waals surface area (Å²) in [4.78, 5) is 0. The van der Waals surface area contributed by atoms with Crippen LogP contribution in [0.2, 0.25) is 5.02 Å². The van der Waals surface area contributed by atoms with E-state index in [0.717, 1.165) is 18.4 Å². The van der Waals surface area contributed by atoms with Crippen molar-refractivity contribution in [3.63, 3.8) is 0 Å². The van der Waals surface area contributed by atoms with Gasteiger partial charge in [-0.15, -0.1) is 0 Å². The number of ether oxygens (including phenoxy) is 1. The molecule has 0 spiro atoms. The minimum absolute atomic E-state index is 0.180. The van der Waals surface area contributed by atoms with Gasteiger partial charge < -0.3 is 10.1 Å². The summed E-state index contributed by atoms with van der Waals surface area (Å²) < 4.78 is 18.0. The standard InChI is InChI=1S/C12H17ClFNO/c1-15-10(5-6-16-2)7-9-3-4-12(14)11(13)8-9/h3-4,8,10,15H,5-7H2,1-2H3. The molecule has 0 aliphatic rings. The molecule has 0 radical (unpaired) electrons. The van der Waals surface area contributed by atoms with Crippen molar-refractivity contribution in [3.8, 4) is 0 Å². The Morgan fingerprint density at radius 3 is 2.81 bits per heavy atom. The molecular formula is C12H17ClFNO. The van der Waals surface area contributed by atoms with Crippen molar-refractivity contribution < 1.29 is 9.13 Å². The first kappa shape index (κ1) is 13.4. The van der Waals surface area contributed by atoms with Crippen LogP contribution in [0.4, 0.5) is 4.39 Å². The number of hydrogen-bond acceptors (Lipinski definition) is 2. The highest BCUT2D eigenvalue weighted by Gasteiger charge is 2.08. The zero-order valence-corrected chi connectivity index (χ0v) is 10.4. The highest BCUT2D eigenvalue weighted by molar-refractivity contribution is 6.30. The molecule has 16 heavy (non-hydrogen) atoms. The second-order valence-electron chi connectivity index (χ2n) is 3.72. The summed E-state index contributed by atoms with van der Waals surface area (Å²) in [6, 6.07) is 5.16. The largest absolute Gasteiger partial charge is 0.385 e. The monoisotopic (exact) mass is 245 g/mol. The Morgan fingerprint density at radius 1 is 1.50 bits per heavy atom. The van der Waals surface area contributed by atoms with Crippen LogP contribution in [0.15, 0.2) is 18.2 Å². The third-order valence-corrected chi connectivity index (χ3v) is 2.83. The van der Waals surface area contributed by atoms with E-state index >= 15 is 0 Å². The van der Waals surface area contributed by atoms with Crippen molar-refractivity contribution in [1.29, 1.82) is 0 Å². The SMILES string of the molecule is CNC(CCOC)Cc1ccc(F)c(Cl)c1. The molecule has 1 rings (SSSR count). The Hall–Kier alpha value is -0.640. The maximum atomic E-state index is 13.0. The molecule has 0 amide bonds. The molecule has 0 aromatic heterocycles. The number of likely N-dealkylation sites (N-methyl/N-ethyl adjacent to an activating group) is 1. The van der Waals surface area contributed by atoms with Gasteiger partial charge in [0.2, 0.25) is 0 Å². The number of methoxy groups -OCH3 is 1. The van der Waals surface area contributed by atoms with Gasteiger partial charge >= 0.3 is 0 Å². The van der Waals surface area contributed by atoms with E-state index in [9.17, 15) is 4.39 Å². The average Bonchev–Trinajstić information content (AvgIpc) is 2.29. The van der Waals surface area contributed by atoms with Crippen molar-refractivity contribution in [2.24, 2.45) is 0 Å². The number of halogens is 2. The van der Waals surface area contributed by atoms with Crippen LogP contribution in [-0.2, 0) is 11.2 Å². The lowest BCUT2D eigenvalue weighted by Crippen LogP contribution is -2.28. The maximum absolute atomic E-state index is 13.0. The lowest BCUT2D eigenvalue weighted by Gasteiger charge is -2.15. The first-order valence-electron chi connectivity index (χ1n) is 5.27. The third-order valence-electron chi connectivity index (χ3n) is 2.54. The number of benzene rings is 1. The molecule has 1 atom stereocenters. The molecule has 0 aliphatic carbocycles. The number of nitrogens with one attached hydrogen (secondary N) is 1. The van der Waals surface area contributed by atoms with E-state index in [4.69, 9.17) is 16.3 Å². The number of rotatable bonds is 6. The number of hydrogen-bond donors (Lipinski definition) is 1. The lowest BCUT2D eigenvalue weighted by molar-refractivity contribution is 0.184. The van der Waals surface area contributed by atoms with Crippen molar-refractivity contribution in [1.82, 2.24) is 5.32 Å². The summed E-state index contributed by atoms with van der Waals surface area (Å²) in [5.41, 5.74) is 1.03. The quantitative estimate of drug-likeness (QED) is 0.832.